The maximum atomic E-state index is 12.5. The smallest absolute Gasteiger partial charge is 0.251 e. The number of benzene rings is 1. The van der Waals surface area contributed by atoms with Crippen molar-refractivity contribution in [1.82, 2.24) is 5.32 Å². The molecular weight excluding hydrogens is 352 g/mol. The lowest BCUT2D eigenvalue weighted by Gasteiger charge is -2.57. The summed E-state index contributed by atoms with van der Waals surface area (Å²) in [6.45, 7) is 0.732. The van der Waals surface area contributed by atoms with Gasteiger partial charge in [0.05, 0.1) is 5.69 Å². The SMILES string of the molecule is O=C(NCCC12CC3CC(CC(C3)C1)C2)c1ccc(N2C(=O)CCC2=O)cc1. The van der Waals surface area contributed by atoms with Crippen LogP contribution in [0.2, 0.25) is 0 Å². The molecule has 1 aromatic rings. The minimum atomic E-state index is -0.169. The van der Waals surface area contributed by atoms with Gasteiger partial charge in [-0.05, 0) is 92.4 Å². The summed E-state index contributed by atoms with van der Waals surface area (Å²) >= 11 is 0. The molecule has 3 amide bonds. The van der Waals surface area contributed by atoms with Crippen LogP contribution in [0, 0.1) is 23.2 Å². The predicted molar refractivity (Wildman–Crippen MR) is 106 cm³/mol. The van der Waals surface area contributed by atoms with Crippen LogP contribution >= 0.6 is 0 Å². The van der Waals surface area contributed by atoms with Crippen molar-refractivity contribution in [2.24, 2.45) is 23.2 Å². The Morgan fingerprint density at radius 1 is 0.929 bits per heavy atom. The van der Waals surface area contributed by atoms with Crippen molar-refractivity contribution in [3.8, 4) is 0 Å². The van der Waals surface area contributed by atoms with E-state index in [-0.39, 0.29) is 30.6 Å². The molecule has 1 aromatic carbocycles. The minimum Gasteiger partial charge on any atom is -0.352 e. The lowest BCUT2D eigenvalue weighted by molar-refractivity contribution is -0.121. The Morgan fingerprint density at radius 2 is 1.46 bits per heavy atom. The van der Waals surface area contributed by atoms with Crippen LogP contribution < -0.4 is 10.2 Å². The van der Waals surface area contributed by atoms with Gasteiger partial charge in [-0.15, -0.1) is 0 Å². The molecule has 1 heterocycles. The van der Waals surface area contributed by atoms with Gasteiger partial charge >= 0.3 is 0 Å². The zero-order valence-electron chi connectivity index (χ0n) is 16.3. The summed E-state index contributed by atoms with van der Waals surface area (Å²) in [7, 11) is 0. The number of rotatable bonds is 5. The molecule has 4 bridgehead atoms. The lowest BCUT2D eigenvalue weighted by Crippen LogP contribution is -2.47. The molecule has 1 N–H and O–H groups in total. The molecule has 4 aliphatic carbocycles. The Morgan fingerprint density at radius 3 is 2.00 bits per heavy atom. The first kappa shape index (κ1) is 17.9. The van der Waals surface area contributed by atoms with E-state index in [2.05, 4.69) is 5.32 Å². The lowest BCUT2D eigenvalue weighted by atomic mass is 9.49. The highest BCUT2D eigenvalue weighted by molar-refractivity contribution is 6.19. The van der Waals surface area contributed by atoms with Crippen LogP contribution in [0.25, 0.3) is 0 Å². The summed E-state index contributed by atoms with van der Waals surface area (Å²) in [5, 5.41) is 3.09. The molecule has 6 rings (SSSR count). The van der Waals surface area contributed by atoms with Gasteiger partial charge in [0.1, 0.15) is 0 Å². The largest absolute Gasteiger partial charge is 0.352 e. The number of hydrogen-bond acceptors (Lipinski definition) is 3. The molecule has 1 saturated heterocycles. The van der Waals surface area contributed by atoms with Crippen LogP contribution in [-0.2, 0) is 9.59 Å². The number of anilines is 1. The first-order valence-corrected chi connectivity index (χ1v) is 10.8. The average Bonchev–Trinajstić information content (AvgIpc) is 2.99. The molecule has 0 radical (unpaired) electrons. The molecule has 0 atom stereocenters. The molecule has 0 aromatic heterocycles. The molecular formula is C23H28N2O3. The van der Waals surface area contributed by atoms with Crippen LogP contribution in [0.5, 0.6) is 0 Å². The van der Waals surface area contributed by atoms with Gasteiger partial charge in [-0.1, -0.05) is 0 Å². The fourth-order valence-electron chi connectivity index (χ4n) is 6.77. The van der Waals surface area contributed by atoms with E-state index in [1.54, 1.807) is 24.3 Å². The number of carbonyl (C=O) groups excluding carboxylic acids is 3. The number of hydrogen-bond donors (Lipinski definition) is 1. The predicted octanol–water partition coefficient (Wildman–Crippen LogP) is 3.68. The van der Waals surface area contributed by atoms with Gasteiger partial charge in [-0.25, -0.2) is 0 Å². The molecule has 5 fully saturated rings. The van der Waals surface area contributed by atoms with Gasteiger partial charge in [0, 0.05) is 24.9 Å². The summed E-state index contributed by atoms with van der Waals surface area (Å²) in [4.78, 5) is 37.4. The summed E-state index contributed by atoms with van der Waals surface area (Å²) in [5.74, 6) is 2.40. The van der Waals surface area contributed by atoms with E-state index in [1.807, 2.05) is 0 Å². The van der Waals surface area contributed by atoms with Gasteiger partial charge in [0.25, 0.3) is 5.91 Å². The van der Waals surface area contributed by atoms with Crippen molar-refractivity contribution in [3.05, 3.63) is 29.8 Å². The van der Waals surface area contributed by atoms with Crippen LogP contribution in [0.4, 0.5) is 5.69 Å². The summed E-state index contributed by atoms with van der Waals surface area (Å²) in [5.41, 5.74) is 1.61. The average molecular weight is 380 g/mol. The fraction of sp³-hybridized carbons (Fsp3) is 0.609. The third-order valence-corrected chi connectivity index (χ3v) is 7.55. The molecule has 0 spiro atoms. The highest BCUT2D eigenvalue weighted by Crippen LogP contribution is 2.61. The first-order valence-electron chi connectivity index (χ1n) is 10.8. The van der Waals surface area contributed by atoms with Crippen molar-refractivity contribution < 1.29 is 14.4 Å². The third-order valence-electron chi connectivity index (χ3n) is 7.55. The Hall–Kier alpha value is -2.17. The van der Waals surface area contributed by atoms with Crippen LogP contribution in [0.3, 0.4) is 0 Å². The van der Waals surface area contributed by atoms with Gasteiger partial charge < -0.3 is 5.32 Å². The standard InChI is InChI=1S/C23H28N2O3/c26-20-5-6-21(27)25(20)19-3-1-18(2-4-19)22(28)24-8-7-23-12-15-9-16(13-23)11-17(10-15)14-23/h1-4,15-17H,5-14H2,(H,24,28). The van der Waals surface area contributed by atoms with Gasteiger partial charge in [-0.3, -0.25) is 19.3 Å². The van der Waals surface area contributed by atoms with Crippen molar-refractivity contribution in [1.29, 1.82) is 0 Å². The number of carbonyl (C=O) groups is 3. The Kier molecular flexibility index (Phi) is 4.29. The van der Waals surface area contributed by atoms with Crippen molar-refractivity contribution >= 4 is 23.4 Å². The maximum absolute atomic E-state index is 12.5. The monoisotopic (exact) mass is 380 g/mol. The second-order valence-corrected chi connectivity index (χ2v) is 9.59. The molecule has 5 aliphatic rings. The quantitative estimate of drug-likeness (QED) is 0.793. The van der Waals surface area contributed by atoms with E-state index in [9.17, 15) is 14.4 Å². The Labute approximate surface area is 165 Å². The van der Waals surface area contributed by atoms with E-state index in [4.69, 9.17) is 0 Å². The fourth-order valence-corrected chi connectivity index (χ4v) is 6.77. The van der Waals surface area contributed by atoms with Crippen molar-refractivity contribution in [2.75, 3.05) is 11.4 Å². The second-order valence-electron chi connectivity index (χ2n) is 9.59. The van der Waals surface area contributed by atoms with E-state index in [1.165, 1.54) is 43.4 Å². The van der Waals surface area contributed by atoms with Crippen molar-refractivity contribution in [2.45, 2.75) is 57.8 Å². The zero-order valence-corrected chi connectivity index (χ0v) is 16.3. The van der Waals surface area contributed by atoms with Gasteiger partial charge in [-0.2, -0.15) is 0 Å². The number of imide groups is 1. The Balaban J connectivity index is 1.17. The molecule has 5 nitrogen and oxygen atoms in total. The van der Waals surface area contributed by atoms with E-state index >= 15 is 0 Å². The number of nitrogens with zero attached hydrogens (tertiary/aromatic N) is 1. The number of amides is 3. The molecule has 4 saturated carbocycles. The second kappa shape index (κ2) is 6.71. The zero-order chi connectivity index (χ0) is 19.3. The third kappa shape index (κ3) is 3.15. The summed E-state index contributed by atoms with van der Waals surface area (Å²) in [6.07, 6.45) is 10.1. The van der Waals surface area contributed by atoms with Crippen LogP contribution in [0.1, 0.15) is 68.1 Å². The normalized spacial score (nSPS) is 33.6. The topological polar surface area (TPSA) is 66.5 Å². The minimum absolute atomic E-state index is 0.0737. The summed E-state index contributed by atoms with van der Waals surface area (Å²) < 4.78 is 0. The van der Waals surface area contributed by atoms with E-state index < -0.39 is 0 Å². The molecule has 5 heteroatoms. The molecule has 1 aliphatic heterocycles. The molecule has 0 unspecified atom stereocenters. The first-order chi connectivity index (χ1) is 13.5. The Bertz CT molecular complexity index is 762. The van der Waals surface area contributed by atoms with Crippen molar-refractivity contribution in [3.63, 3.8) is 0 Å². The van der Waals surface area contributed by atoms with Gasteiger partial charge in [0.2, 0.25) is 11.8 Å². The highest BCUT2D eigenvalue weighted by atomic mass is 16.2. The molecule has 148 valence electrons. The maximum Gasteiger partial charge on any atom is 0.251 e. The van der Waals surface area contributed by atoms with E-state index in [0.29, 0.717) is 16.7 Å². The van der Waals surface area contributed by atoms with Gasteiger partial charge in [0.15, 0.2) is 0 Å². The van der Waals surface area contributed by atoms with Crippen LogP contribution in [0.15, 0.2) is 24.3 Å². The summed E-state index contributed by atoms with van der Waals surface area (Å²) in [6, 6.07) is 6.78. The highest BCUT2D eigenvalue weighted by Gasteiger charge is 2.50. The number of nitrogens with one attached hydrogen (secondary N) is 1. The van der Waals surface area contributed by atoms with Crippen LogP contribution in [-0.4, -0.2) is 24.3 Å². The van der Waals surface area contributed by atoms with E-state index in [0.717, 1.165) is 30.7 Å². The molecule has 28 heavy (non-hydrogen) atoms.